The molecule has 0 saturated heterocycles. The van der Waals surface area contributed by atoms with Crippen LogP contribution in [-0.2, 0) is 26.0 Å². The van der Waals surface area contributed by atoms with Gasteiger partial charge in [0.25, 0.3) is 15.9 Å². The van der Waals surface area contributed by atoms with Crippen molar-refractivity contribution in [2.24, 2.45) is 5.73 Å². The van der Waals surface area contributed by atoms with Gasteiger partial charge in [0.1, 0.15) is 4.90 Å². The number of anilines is 1. The molecule has 1 aliphatic rings. The lowest BCUT2D eigenvalue weighted by Gasteiger charge is -2.20. The van der Waals surface area contributed by atoms with E-state index in [1.54, 1.807) is 17.4 Å². The first-order valence-corrected chi connectivity index (χ1v) is 10.2. The van der Waals surface area contributed by atoms with Crippen molar-refractivity contribution in [2.75, 3.05) is 17.5 Å². The number of esters is 1. The number of nitrogens with zero attached hydrogens (tertiary/aromatic N) is 1. The Balaban J connectivity index is 1.85. The summed E-state index contributed by atoms with van der Waals surface area (Å²) in [7, 11) is -4.03. The highest BCUT2D eigenvalue weighted by atomic mass is 35.5. The van der Waals surface area contributed by atoms with Crippen molar-refractivity contribution in [1.82, 2.24) is 5.32 Å². The van der Waals surface area contributed by atoms with E-state index in [1.807, 2.05) is 12.1 Å². The minimum absolute atomic E-state index is 0.0580. The Kier molecular flexibility index (Phi) is 5.76. The van der Waals surface area contributed by atoms with E-state index in [9.17, 15) is 22.8 Å². The van der Waals surface area contributed by atoms with Crippen molar-refractivity contribution in [3.63, 3.8) is 0 Å². The first kappa shape index (κ1) is 20.6. The van der Waals surface area contributed by atoms with Gasteiger partial charge < -0.3 is 10.5 Å². The molecule has 0 unspecified atom stereocenters. The van der Waals surface area contributed by atoms with Gasteiger partial charge >= 0.3 is 12.0 Å². The van der Waals surface area contributed by atoms with E-state index in [-0.39, 0.29) is 22.0 Å². The number of fused-ring (bicyclic) bond motifs is 1. The zero-order valence-corrected chi connectivity index (χ0v) is 16.5. The number of amides is 3. The summed E-state index contributed by atoms with van der Waals surface area (Å²) < 4.78 is 32.3. The summed E-state index contributed by atoms with van der Waals surface area (Å²) in [6.07, 6.45) is 0.559. The van der Waals surface area contributed by atoms with Crippen molar-refractivity contribution in [3.05, 3.63) is 58.6 Å². The number of hydrogen-bond donors (Lipinski definition) is 2. The molecule has 152 valence electrons. The molecule has 29 heavy (non-hydrogen) atoms. The van der Waals surface area contributed by atoms with E-state index in [4.69, 9.17) is 22.1 Å². The molecule has 3 amide bonds. The van der Waals surface area contributed by atoms with Crippen LogP contribution in [0.3, 0.4) is 0 Å². The van der Waals surface area contributed by atoms with Gasteiger partial charge in [0.05, 0.1) is 16.3 Å². The van der Waals surface area contributed by atoms with E-state index in [1.165, 1.54) is 16.4 Å². The number of carbonyl (C=O) groups is 3. The first-order valence-electron chi connectivity index (χ1n) is 8.37. The third-order valence-electron chi connectivity index (χ3n) is 4.18. The lowest BCUT2D eigenvalue weighted by Crippen LogP contribution is -2.37. The Hall–Kier alpha value is -3.11. The fourth-order valence-corrected chi connectivity index (χ4v) is 4.90. The van der Waals surface area contributed by atoms with Crippen molar-refractivity contribution in [2.45, 2.75) is 11.3 Å². The lowest BCUT2D eigenvalue weighted by molar-refractivity contribution is -0.123. The van der Waals surface area contributed by atoms with Crippen LogP contribution < -0.4 is 15.4 Å². The van der Waals surface area contributed by atoms with Crippen molar-refractivity contribution in [3.8, 4) is 0 Å². The maximum atomic E-state index is 13.2. The Morgan fingerprint density at radius 2 is 1.90 bits per heavy atom. The number of para-hydroxylation sites is 1. The van der Waals surface area contributed by atoms with Crippen molar-refractivity contribution < 1.29 is 27.5 Å². The Bertz CT molecular complexity index is 1100. The average Bonchev–Trinajstić information content (AvgIpc) is 3.10. The summed E-state index contributed by atoms with van der Waals surface area (Å²) in [5, 5.41) is 1.68. The van der Waals surface area contributed by atoms with Gasteiger partial charge in [-0.25, -0.2) is 18.0 Å². The molecule has 0 fully saturated rings. The normalized spacial score (nSPS) is 12.9. The molecule has 0 bridgehead atoms. The Morgan fingerprint density at radius 1 is 1.17 bits per heavy atom. The van der Waals surface area contributed by atoms with Crippen LogP contribution in [-0.4, -0.2) is 39.5 Å². The van der Waals surface area contributed by atoms with Crippen LogP contribution in [0.15, 0.2) is 47.4 Å². The number of nitrogens with one attached hydrogen (secondary N) is 1. The second-order valence-electron chi connectivity index (χ2n) is 6.09. The molecule has 3 rings (SSSR count). The zero-order valence-electron chi connectivity index (χ0n) is 14.9. The minimum Gasteiger partial charge on any atom is -0.452 e. The summed E-state index contributed by atoms with van der Waals surface area (Å²) >= 11 is 6.10. The maximum absolute atomic E-state index is 13.2. The number of urea groups is 1. The summed E-state index contributed by atoms with van der Waals surface area (Å²) in [6.45, 7) is -0.508. The summed E-state index contributed by atoms with van der Waals surface area (Å²) in [5.41, 5.74) is 6.12. The fourth-order valence-electron chi connectivity index (χ4n) is 2.89. The molecule has 0 radical (unpaired) electrons. The third-order valence-corrected chi connectivity index (χ3v) is 6.47. The van der Waals surface area contributed by atoms with Crippen molar-refractivity contribution >= 4 is 45.2 Å². The van der Waals surface area contributed by atoms with Gasteiger partial charge in [0, 0.05) is 6.54 Å². The van der Waals surface area contributed by atoms with Gasteiger partial charge in [-0.1, -0.05) is 29.8 Å². The van der Waals surface area contributed by atoms with Crippen LogP contribution in [0.4, 0.5) is 10.5 Å². The lowest BCUT2D eigenvalue weighted by atomic mass is 10.2. The molecule has 2 aromatic rings. The molecular weight excluding hydrogens is 422 g/mol. The monoisotopic (exact) mass is 437 g/mol. The van der Waals surface area contributed by atoms with Crippen LogP contribution in [0.25, 0.3) is 0 Å². The Labute approximate surface area is 171 Å². The zero-order chi connectivity index (χ0) is 21.2. The Morgan fingerprint density at radius 3 is 2.62 bits per heavy atom. The number of primary amides is 1. The van der Waals surface area contributed by atoms with Gasteiger partial charge in [0.2, 0.25) is 0 Å². The molecule has 11 heteroatoms. The van der Waals surface area contributed by atoms with Crippen LogP contribution in [0, 0.1) is 0 Å². The topological polar surface area (TPSA) is 136 Å². The van der Waals surface area contributed by atoms with Crippen LogP contribution >= 0.6 is 11.6 Å². The van der Waals surface area contributed by atoms with Crippen LogP contribution in [0.2, 0.25) is 5.02 Å². The first-order chi connectivity index (χ1) is 13.7. The summed E-state index contributed by atoms with van der Waals surface area (Å²) in [4.78, 5) is 33.9. The highest BCUT2D eigenvalue weighted by molar-refractivity contribution is 7.93. The van der Waals surface area contributed by atoms with E-state index < -0.39 is 34.5 Å². The number of carbonyl (C=O) groups excluding carboxylic acids is 3. The predicted molar refractivity (Wildman–Crippen MR) is 104 cm³/mol. The standard InChI is InChI=1S/C18H16ClN3O6S/c19-13-6-5-12(17(24)28-10-16(23)21-18(20)25)9-15(13)29(26,27)22-8-7-11-3-1-2-4-14(11)22/h1-6,9H,7-8,10H2,(H3,20,21,23,25). The second kappa shape index (κ2) is 8.10. The van der Waals surface area contributed by atoms with Gasteiger partial charge in [-0.05, 0) is 36.2 Å². The van der Waals surface area contributed by atoms with E-state index in [2.05, 4.69) is 0 Å². The second-order valence-corrected chi connectivity index (χ2v) is 8.33. The molecule has 3 N–H and O–H groups in total. The highest BCUT2D eigenvalue weighted by Gasteiger charge is 2.32. The number of hydrogen-bond acceptors (Lipinski definition) is 6. The molecule has 0 saturated carbocycles. The highest BCUT2D eigenvalue weighted by Crippen LogP contribution is 2.35. The third kappa shape index (κ3) is 4.33. The SMILES string of the molecule is NC(=O)NC(=O)COC(=O)c1ccc(Cl)c(S(=O)(=O)N2CCc3ccccc32)c1. The quantitative estimate of drug-likeness (QED) is 0.679. The largest absolute Gasteiger partial charge is 0.452 e. The van der Waals surface area contributed by atoms with Gasteiger partial charge in [0.15, 0.2) is 6.61 Å². The summed E-state index contributed by atoms with van der Waals surface area (Å²) in [6, 6.07) is 9.64. The number of nitrogens with two attached hydrogens (primary N) is 1. The number of ether oxygens (including phenoxy) is 1. The van der Waals surface area contributed by atoms with Gasteiger partial charge in [-0.3, -0.25) is 14.4 Å². The number of rotatable bonds is 5. The number of imide groups is 1. The fraction of sp³-hybridized carbons (Fsp3) is 0.167. The molecule has 9 nitrogen and oxygen atoms in total. The number of benzene rings is 2. The van der Waals surface area contributed by atoms with Crippen LogP contribution in [0.5, 0.6) is 0 Å². The number of sulfonamides is 1. The molecule has 0 spiro atoms. The minimum atomic E-state index is -4.03. The van der Waals surface area contributed by atoms with Gasteiger partial charge in [-0.2, -0.15) is 0 Å². The molecule has 0 aliphatic carbocycles. The van der Waals surface area contributed by atoms with E-state index >= 15 is 0 Å². The van der Waals surface area contributed by atoms with Crippen LogP contribution in [0.1, 0.15) is 15.9 Å². The molecule has 2 aromatic carbocycles. The molecular formula is C18H16ClN3O6S. The molecule has 0 atom stereocenters. The van der Waals surface area contributed by atoms with Gasteiger partial charge in [-0.15, -0.1) is 0 Å². The average molecular weight is 438 g/mol. The van der Waals surface area contributed by atoms with Crippen molar-refractivity contribution in [1.29, 1.82) is 0 Å². The molecule has 0 aromatic heterocycles. The molecule has 1 heterocycles. The van der Waals surface area contributed by atoms with E-state index in [0.29, 0.717) is 12.1 Å². The summed E-state index contributed by atoms with van der Waals surface area (Å²) in [5.74, 6) is -1.87. The predicted octanol–water partition coefficient (Wildman–Crippen LogP) is 1.44. The van der Waals surface area contributed by atoms with E-state index in [0.717, 1.165) is 11.6 Å². The molecule has 1 aliphatic heterocycles. The number of halogens is 1. The maximum Gasteiger partial charge on any atom is 0.338 e. The smallest absolute Gasteiger partial charge is 0.338 e.